The fourth-order valence-corrected chi connectivity index (χ4v) is 1.05. The Hall–Kier alpha value is -1.69. The molecule has 0 heterocycles. The summed E-state index contributed by atoms with van der Waals surface area (Å²) in [7, 11) is 1.50. The number of hydrogen-bond acceptors (Lipinski definition) is 2. The zero-order valence-electron chi connectivity index (χ0n) is 7.28. The number of nitrogens with zero attached hydrogens (tertiary/aromatic N) is 1. The predicted molar refractivity (Wildman–Crippen MR) is 46.7 cm³/mol. The minimum absolute atomic E-state index is 0.0856. The van der Waals surface area contributed by atoms with Crippen LogP contribution in [0.15, 0.2) is 18.2 Å². The summed E-state index contributed by atoms with van der Waals surface area (Å²) < 4.78 is 4.99. The van der Waals surface area contributed by atoms with Gasteiger partial charge in [-0.3, -0.25) is 5.11 Å². The molecule has 0 saturated heterocycles. The van der Waals surface area contributed by atoms with E-state index >= 15 is 0 Å². The Morgan fingerprint density at radius 3 is 3.00 bits per heavy atom. The van der Waals surface area contributed by atoms with Crippen molar-refractivity contribution in [1.82, 2.24) is 0 Å². The Balaban J connectivity index is 2.87. The van der Waals surface area contributed by atoms with Crippen LogP contribution < -0.4 is 4.74 Å². The minimum atomic E-state index is -0.0856. The van der Waals surface area contributed by atoms with Gasteiger partial charge in [0.1, 0.15) is 5.75 Å². The van der Waals surface area contributed by atoms with Gasteiger partial charge in [0.15, 0.2) is 5.75 Å². The lowest BCUT2D eigenvalue weighted by atomic mass is 10.1. The first-order valence-corrected chi connectivity index (χ1v) is 3.83. The van der Waals surface area contributed by atoms with E-state index in [-0.39, 0.29) is 5.75 Å². The van der Waals surface area contributed by atoms with Crippen molar-refractivity contribution in [2.45, 2.75) is 6.42 Å². The third-order valence-electron chi connectivity index (χ3n) is 1.67. The lowest BCUT2D eigenvalue weighted by Gasteiger charge is -2.05. The average molecular weight is 175 g/mol. The Bertz CT molecular complexity index is 328. The summed E-state index contributed by atoms with van der Waals surface area (Å²) >= 11 is 0. The first kappa shape index (κ1) is 9.40. The highest BCUT2D eigenvalue weighted by molar-refractivity contribution is 5.41. The molecular formula is C10H9NO2. The third-order valence-corrected chi connectivity index (χ3v) is 1.67. The van der Waals surface area contributed by atoms with Crippen molar-refractivity contribution in [2.24, 2.45) is 0 Å². The molecular weight excluding hydrogens is 166 g/mol. The number of hydrogen-bond donors (Lipinski definition) is 0. The van der Waals surface area contributed by atoms with Crippen molar-refractivity contribution >= 4 is 0 Å². The van der Waals surface area contributed by atoms with Crippen LogP contribution in [0.25, 0.3) is 0 Å². The monoisotopic (exact) mass is 175 g/mol. The van der Waals surface area contributed by atoms with E-state index in [0.717, 1.165) is 5.56 Å². The molecule has 0 atom stereocenters. The Kier molecular flexibility index (Phi) is 3.15. The molecule has 0 spiro atoms. The van der Waals surface area contributed by atoms with Crippen LogP contribution in [0.2, 0.25) is 0 Å². The summed E-state index contributed by atoms with van der Waals surface area (Å²) in [5.74, 6) is 0.455. The van der Waals surface area contributed by atoms with Crippen molar-refractivity contribution in [3.63, 3.8) is 0 Å². The van der Waals surface area contributed by atoms with Crippen LogP contribution >= 0.6 is 0 Å². The van der Waals surface area contributed by atoms with Crippen molar-refractivity contribution in [1.29, 1.82) is 5.26 Å². The number of ether oxygens (including phenoxy) is 1. The number of methoxy groups -OCH3 is 1. The zero-order valence-corrected chi connectivity index (χ0v) is 7.28. The van der Waals surface area contributed by atoms with Crippen LogP contribution in [-0.4, -0.2) is 7.11 Å². The normalized spacial score (nSPS) is 9.23. The second-order valence-corrected chi connectivity index (χ2v) is 2.51. The van der Waals surface area contributed by atoms with Gasteiger partial charge in [0.2, 0.25) is 0 Å². The molecule has 0 N–H and O–H groups in total. The molecule has 0 unspecified atom stereocenters. The largest absolute Gasteiger partial charge is 0.496 e. The standard InChI is InChI=1S/C10H9NO2/c1-13-10-7-9(12)5-4-8(10)3-2-6-11/h2,4-5,7H,3H2,1H3. The summed E-state index contributed by atoms with van der Waals surface area (Å²) in [5.41, 5.74) is 0.851. The summed E-state index contributed by atoms with van der Waals surface area (Å²) in [6.07, 6.45) is 1.96. The maximum Gasteiger partial charge on any atom is 0.182 e. The lowest BCUT2D eigenvalue weighted by Crippen LogP contribution is -1.91. The summed E-state index contributed by atoms with van der Waals surface area (Å²) in [5, 5.41) is 19.3. The van der Waals surface area contributed by atoms with Gasteiger partial charge >= 0.3 is 0 Å². The highest BCUT2D eigenvalue weighted by atomic mass is 16.5. The van der Waals surface area contributed by atoms with Crippen LogP contribution in [0.1, 0.15) is 5.56 Å². The molecule has 0 fully saturated rings. The second kappa shape index (κ2) is 4.36. The van der Waals surface area contributed by atoms with E-state index in [2.05, 4.69) is 0 Å². The van der Waals surface area contributed by atoms with Gasteiger partial charge < -0.3 is 4.74 Å². The Morgan fingerprint density at radius 1 is 1.62 bits per heavy atom. The molecule has 2 radical (unpaired) electrons. The summed E-state index contributed by atoms with van der Waals surface area (Å²) in [6.45, 7) is 0. The Labute approximate surface area is 77.2 Å². The average Bonchev–Trinajstić information content (AvgIpc) is 2.16. The van der Waals surface area contributed by atoms with Gasteiger partial charge in [-0.2, -0.15) is 5.26 Å². The molecule has 0 saturated carbocycles. The zero-order chi connectivity index (χ0) is 9.68. The van der Waals surface area contributed by atoms with Gasteiger partial charge in [-0.15, -0.1) is 0 Å². The number of benzene rings is 1. The highest BCUT2D eigenvalue weighted by Gasteiger charge is 2.04. The molecule has 0 aliphatic rings. The van der Waals surface area contributed by atoms with E-state index in [1.807, 2.05) is 6.07 Å². The maximum absolute atomic E-state index is 10.9. The highest BCUT2D eigenvalue weighted by Crippen LogP contribution is 2.24. The van der Waals surface area contributed by atoms with Gasteiger partial charge in [0, 0.05) is 6.07 Å². The van der Waals surface area contributed by atoms with Gasteiger partial charge in [-0.25, -0.2) is 0 Å². The summed E-state index contributed by atoms with van der Waals surface area (Å²) in [4.78, 5) is 0. The molecule has 3 heteroatoms. The van der Waals surface area contributed by atoms with Crippen LogP contribution in [0.4, 0.5) is 0 Å². The van der Waals surface area contributed by atoms with E-state index < -0.39 is 0 Å². The van der Waals surface area contributed by atoms with Gasteiger partial charge in [0.05, 0.1) is 19.6 Å². The fourth-order valence-electron chi connectivity index (χ4n) is 1.05. The van der Waals surface area contributed by atoms with Crippen LogP contribution in [0, 0.1) is 17.8 Å². The number of rotatable bonds is 3. The van der Waals surface area contributed by atoms with Crippen LogP contribution in [0.5, 0.6) is 11.5 Å². The smallest absolute Gasteiger partial charge is 0.182 e. The van der Waals surface area contributed by atoms with E-state index in [1.165, 1.54) is 25.7 Å². The first-order valence-electron chi connectivity index (χ1n) is 3.83. The molecule has 0 bridgehead atoms. The second-order valence-electron chi connectivity index (χ2n) is 2.51. The SMILES string of the molecule is COc1cc([O])ccc1C[CH]C#N. The molecule has 0 aromatic heterocycles. The maximum atomic E-state index is 10.9. The minimum Gasteiger partial charge on any atom is -0.496 e. The van der Waals surface area contributed by atoms with E-state index in [1.54, 1.807) is 6.07 Å². The molecule has 3 nitrogen and oxygen atoms in total. The van der Waals surface area contributed by atoms with Gasteiger partial charge in [0.25, 0.3) is 0 Å². The molecule has 1 aromatic rings. The fraction of sp³-hybridized carbons (Fsp3) is 0.200. The quantitative estimate of drug-likeness (QED) is 0.706. The molecule has 0 aliphatic heterocycles. The number of nitriles is 1. The van der Waals surface area contributed by atoms with Crippen molar-refractivity contribution in [2.75, 3.05) is 7.11 Å². The lowest BCUT2D eigenvalue weighted by molar-refractivity contribution is 0.348. The van der Waals surface area contributed by atoms with E-state index in [4.69, 9.17) is 10.00 Å². The molecule has 0 amide bonds. The van der Waals surface area contributed by atoms with Crippen LogP contribution in [-0.2, 0) is 11.5 Å². The molecule has 1 aromatic carbocycles. The predicted octanol–water partition coefficient (Wildman–Crippen LogP) is 2.11. The topological polar surface area (TPSA) is 52.9 Å². The molecule has 66 valence electrons. The van der Waals surface area contributed by atoms with Gasteiger partial charge in [-0.05, 0) is 18.1 Å². The van der Waals surface area contributed by atoms with Crippen molar-refractivity contribution < 1.29 is 9.84 Å². The van der Waals surface area contributed by atoms with Gasteiger partial charge in [-0.1, -0.05) is 6.07 Å². The Morgan fingerprint density at radius 2 is 2.38 bits per heavy atom. The molecule has 13 heavy (non-hydrogen) atoms. The molecule has 1 rings (SSSR count). The van der Waals surface area contributed by atoms with E-state index in [0.29, 0.717) is 12.2 Å². The molecule has 0 aliphatic carbocycles. The van der Waals surface area contributed by atoms with Crippen LogP contribution in [0.3, 0.4) is 0 Å². The van der Waals surface area contributed by atoms with E-state index in [9.17, 15) is 5.11 Å². The first-order chi connectivity index (χ1) is 6.27. The van der Waals surface area contributed by atoms with Crippen molar-refractivity contribution in [3.05, 3.63) is 30.2 Å². The van der Waals surface area contributed by atoms with Crippen molar-refractivity contribution in [3.8, 4) is 17.6 Å². The third kappa shape index (κ3) is 2.38. The summed E-state index contributed by atoms with van der Waals surface area (Å²) in [6, 6.07) is 6.48.